The molecule has 4 heteroatoms. The van der Waals surface area contributed by atoms with Gasteiger partial charge in [0, 0.05) is 14.1 Å². The van der Waals surface area contributed by atoms with E-state index in [1.807, 2.05) is 0 Å². The van der Waals surface area contributed by atoms with E-state index in [4.69, 9.17) is 0 Å². The van der Waals surface area contributed by atoms with E-state index < -0.39 is 6.04 Å². The van der Waals surface area contributed by atoms with E-state index in [1.54, 1.807) is 21.0 Å². The number of rotatable bonds is 2. The van der Waals surface area contributed by atoms with Crippen LogP contribution in [0.3, 0.4) is 0 Å². The molecule has 1 atom stereocenters. The van der Waals surface area contributed by atoms with E-state index in [1.165, 1.54) is 4.90 Å². The van der Waals surface area contributed by atoms with Crippen LogP contribution in [0.15, 0.2) is 0 Å². The molecule has 0 aromatic heterocycles. The number of urea groups is 1. The first-order valence-electron chi connectivity index (χ1n) is 3.01. The third-order valence-corrected chi connectivity index (χ3v) is 0.961. The van der Waals surface area contributed by atoms with Crippen molar-refractivity contribution in [1.29, 1.82) is 0 Å². The first kappa shape index (κ1) is 8.94. The maximum Gasteiger partial charge on any atom is 0.317 e. The van der Waals surface area contributed by atoms with Gasteiger partial charge in [0.25, 0.3) is 0 Å². The SMILES string of the molecule is CC(C=O)NC(=O)N(C)C. The van der Waals surface area contributed by atoms with Gasteiger partial charge in [-0.15, -0.1) is 0 Å². The van der Waals surface area contributed by atoms with Crippen molar-refractivity contribution < 1.29 is 9.59 Å². The van der Waals surface area contributed by atoms with Crippen molar-refractivity contribution in [1.82, 2.24) is 10.2 Å². The highest BCUT2D eigenvalue weighted by atomic mass is 16.2. The van der Waals surface area contributed by atoms with Crippen molar-refractivity contribution >= 4 is 12.3 Å². The van der Waals surface area contributed by atoms with Crippen LogP contribution in [0.25, 0.3) is 0 Å². The van der Waals surface area contributed by atoms with Crippen LogP contribution < -0.4 is 5.32 Å². The molecule has 10 heavy (non-hydrogen) atoms. The summed E-state index contributed by atoms with van der Waals surface area (Å²) < 4.78 is 0. The van der Waals surface area contributed by atoms with Crippen molar-refractivity contribution in [3.8, 4) is 0 Å². The molecule has 0 spiro atoms. The Bertz CT molecular complexity index is 134. The molecule has 0 bridgehead atoms. The van der Waals surface area contributed by atoms with E-state index in [0.717, 1.165) is 0 Å². The zero-order chi connectivity index (χ0) is 8.15. The van der Waals surface area contributed by atoms with Gasteiger partial charge >= 0.3 is 6.03 Å². The highest BCUT2D eigenvalue weighted by molar-refractivity contribution is 5.77. The molecule has 0 radical (unpaired) electrons. The molecule has 58 valence electrons. The summed E-state index contributed by atoms with van der Waals surface area (Å²) in [6.45, 7) is 1.62. The number of hydrogen-bond acceptors (Lipinski definition) is 2. The molecule has 0 heterocycles. The molecule has 0 aromatic carbocycles. The Labute approximate surface area is 60.2 Å². The number of amides is 2. The molecular formula is C6H12N2O2. The number of aldehydes is 1. The summed E-state index contributed by atoms with van der Waals surface area (Å²) in [5.74, 6) is 0. The minimum Gasteiger partial charge on any atom is -0.331 e. The molecule has 0 rings (SSSR count). The predicted octanol–water partition coefficient (Wildman–Crippen LogP) is -0.155. The fourth-order valence-corrected chi connectivity index (χ4v) is 0.358. The molecule has 4 nitrogen and oxygen atoms in total. The monoisotopic (exact) mass is 144 g/mol. The van der Waals surface area contributed by atoms with Gasteiger partial charge in [0.15, 0.2) is 0 Å². The van der Waals surface area contributed by atoms with Gasteiger partial charge in [-0.25, -0.2) is 4.79 Å². The molecule has 2 amide bonds. The molecule has 0 aliphatic heterocycles. The number of nitrogens with zero attached hydrogens (tertiary/aromatic N) is 1. The first-order valence-corrected chi connectivity index (χ1v) is 3.01. The Hall–Kier alpha value is -1.06. The lowest BCUT2D eigenvalue weighted by molar-refractivity contribution is -0.109. The van der Waals surface area contributed by atoms with E-state index in [2.05, 4.69) is 5.32 Å². The topological polar surface area (TPSA) is 49.4 Å². The summed E-state index contributed by atoms with van der Waals surface area (Å²) in [6, 6.07) is -0.658. The summed E-state index contributed by atoms with van der Waals surface area (Å²) in [6.07, 6.45) is 0.682. The second-order valence-corrected chi connectivity index (χ2v) is 2.27. The normalized spacial score (nSPS) is 11.9. The zero-order valence-electron chi connectivity index (χ0n) is 6.42. The smallest absolute Gasteiger partial charge is 0.317 e. The van der Waals surface area contributed by atoms with Crippen LogP contribution in [0.5, 0.6) is 0 Å². The minimum atomic E-state index is -0.408. The summed E-state index contributed by atoms with van der Waals surface area (Å²) in [7, 11) is 3.24. The van der Waals surface area contributed by atoms with Crippen LogP contribution in [0.1, 0.15) is 6.92 Å². The van der Waals surface area contributed by atoms with Crippen LogP contribution in [0.4, 0.5) is 4.79 Å². The van der Waals surface area contributed by atoms with Crippen LogP contribution in [-0.2, 0) is 4.79 Å². The van der Waals surface area contributed by atoms with E-state index in [9.17, 15) is 9.59 Å². The van der Waals surface area contributed by atoms with Gasteiger partial charge in [0.2, 0.25) is 0 Å². The Kier molecular flexibility index (Phi) is 3.46. The average molecular weight is 144 g/mol. The van der Waals surface area contributed by atoms with Gasteiger partial charge in [0.05, 0.1) is 6.04 Å². The average Bonchev–Trinajstić information content (AvgIpc) is 1.87. The number of carbonyl (C=O) groups is 2. The van der Waals surface area contributed by atoms with Gasteiger partial charge in [-0.05, 0) is 6.92 Å². The van der Waals surface area contributed by atoms with Crippen LogP contribution in [0, 0.1) is 0 Å². The van der Waals surface area contributed by atoms with Gasteiger partial charge in [-0.3, -0.25) is 0 Å². The van der Waals surface area contributed by atoms with Crippen molar-refractivity contribution in [2.24, 2.45) is 0 Å². The fraction of sp³-hybridized carbons (Fsp3) is 0.667. The second-order valence-electron chi connectivity index (χ2n) is 2.27. The summed E-state index contributed by atoms with van der Waals surface area (Å²) >= 11 is 0. The summed E-state index contributed by atoms with van der Waals surface area (Å²) in [5.41, 5.74) is 0. The zero-order valence-corrected chi connectivity index (χ0v) is 6.42. The minimum absolute atomic E-state index is 0.250. The highest BCUT2D eigenvalue weighted by Gasteiger charge is 2.05. The van der Waals surface area contributed by atoms with E-state index in [-0.39, 0.29) is 6.03 Å². The number of hydrogen-bond donors (Lipinski definition) is 1. The van der Waals surface area contributed by atoms with Crippen molar-refractivity contribution in [2.45, 2.75) is 13.0 Å². The maximum atomic E-state index is 10.8. The summed E-state index contributed by atoms with van der Waals surface area (Å²) in [4.78, 5) is 22.2. The lowest BCUT2D eigenvalue weighted by Gasteiger charge is -2.13. The first-order chi connectivity index (χ1) is 4.57. The Morgan fingerprint density at radius 2 is 2.10 bits per heavy atom. The third kappa shape index (κ3) is 3.06. The maximum absolute atomic E-state index is 10.8. The Balaban J connectivity index is 3.68. The van der Waals surface area contributed by atoms with E-state index >= 15 is 0 Å². The molecule has 0 saturated heterocycles. The quantitative estimate of drug-likeness (QED) is 0.548. The highest BCUT2D eigenvalue weighted by Crippen LogP contribution is 1.79. The van der Waals surface area contributed by atoms with E-state index in [0.29, 0.717) is 6.29 Å². The Morgan fingerprint density at radius 1 is 1.60 bits per heavy atom. The lowest BCUT2D eigenvalue weighted by atomic mass is 10.4. The standard InChI is InChI=1S/C6H12N2O2/c1-5(4-9)7-6(10)8(2)3/h4-5H,1-3H3,(H,7,10). The third-order valence-electron chi connectivity index (χ3n) is 0.961. The van der Waals surface area contributed by atoms with Crippen molar-refractivity contribution in [3.05, 3.63) is 0 Å². The molecular weight excluding hydrogens is 132 g/mol. The lowest BCUT2D eigenvalue weighted by Crippen LogP contribution is -2.40. The van der Waals surface area contributed by atoms with Crippen LogP contribution in [-0.4, -0.2) is 37.4 Å². The number of carbonyl (C=O) groups excluding carboxylic acids is 2. The number of nitrogens with one attached hydrogen (secondary N) is 1. The molecule has 1 N–H and O–H groups in total. The van der Waals surface area contributed by atoms with Gasteiger partial charge in [0.1, 0.15) is 6.29 Å². The van der Waals surface area contributed by atoms with Gasteiger partial charge < -0.3 is 15.0 Å². The molecule has 0 saturated carbocycles. The predicted molar refractivity (Wildman–Crippen MR) is 37.7 cm³/mol. The Morgan fingerprint density at radius 3 is 2.40 bits per heavy atom. The van der Waals surface area contributed by atoms with Crippen molar-refractivity contribution in [2.75, 3.05) is 14.1 Å². The fourth-order valence-electron chi connectivity index (χ4n) is 0.358. The molecule has 0 fully saturated rings. The molecule has 0 aromatic rings. The second kappa shape index (κ2) is 3.87. The summed E-state index contributed by atoms with van der Waals surface area (Å²) in [5, 5.41) is 2.45. The largest absolute Gasteiger partial charge is 0.331 e. The van der Waals surface area contributed by atoms with Crippen molar-refractivity contribution in [3.63, 3.8) is 0 Å². The van der Waals surface area contributed by atoms with Gasteiger partial charge in [-0.2, -0.15) is 0 Å². The van der Waals surface area contributed by atoms with Crippen LogP contribution in [0.2, 0.25) is 0 Å². The van der Waals surface area contributed by atoms with Crippen LogP contribution >= 0.6 is 0 Å². The molecule has 0 aliphatic carbocycles. The molecule has 0 aliphatic rings. The molecule has 1 unspecified atom stereocenters. The van der Waals surface area contributed by atoms with Gasteiger partial charge in [-0.1, -0.05) is 0 Å².